The van der Waals surface area contributed by atoms with Gasteiger partial charge in [-0.1, -0.05) is 30.3 Å². The van der Waals surface area contributed by atoms with Crippen LogP contribution < -0.4 is 10.1 Å². The standard InChI is InChI=1S/C17H13IN2O2/c1-22-16-9-5-2-6-12(16)10-13(11-19)17(21)20-15-8-4-3-7-14(15)18/h2-10H,1H3,(H,20,21)/b13-10-. The highest BCUT2D eigenvalue weighted by molar-refractivity contribution is 14.1. The molecule has 2 aromatic rings. The molecular formula is C17H13IN2O2. The van der Waals surface area contributed by atoms with Crippen molar-refractivity contribution in [3.8, 4) is 11.8 Å². The summed E-state index contributed by atoms with van der Waals surface area (Å²) in [7, 11) is 1.55. The van der Waals surface area contributed by atoms with Crippen molar-refractivity contribution in [1.82, 2.24) is 0 Å². The Morgan fingerprint density at radius 2 is 1.91 bits per heavy atom. The maximum absolute atomic E-state index is 12.3. The fraction of sp³-hybridized carbons (Fsp3) is 0.0588. The molecule has 1 N–H and O–H groups in total. The zero-order chi connectivity index (χ0) is 15.9. The normalized spacial score (nSPS) is 10.7. The summed E-state index contributed by atoms with van der Waals surface area (Å²) >= 11 is 2.13. The molecule has 2 rings (SSSR count). The van der Waals surface area contributed by atoms with Crippen molar-refractivity contribution in [2.45, 2.75) is 0 Å². The number of methoxy groups -OCH3 is 1. The van der Waals surface area contributed by atoms with Crippen molar-refractivity contribution < 1.29 is 9.53 Å². The molecule has 0 radical (unpaired) electrons. The van der Waals surface area contributed by atoms with E-state index in [0.717, 1.165) is 3.57 Å². The van der Waals surface area contributed by atoms with E-state index in [1.807, 2.05) is 36.4 Å². The average molecular weight is 404 g/mol. The molecule has 0 aliphatic rings. The lowest BCUT2D eigenvalue weighted by atomic mass is 10.1. The summed E-state index contributed by atoms with van der Waals surface area (Å²) in [5.74, 6) is 0.162. The third-order valence-corrected chi connectivity index (χ3v) is 3.87. The maximum atomic E-state index is 12.3. The highest BCUT2D eigenvalue weighted by Gasteiger charge is 2.12. The average Bonchev–Trinajstić information content (AvgIpc) is 2.55. The number of nitrogens with zero attached hydrogens (tertiary/aromatic N) is 1. The van der Waals surface area contributed by atoms with Gasteiger partial charge >= 0.3 is 0 Å². The Balaban J connectivity index is 2.28. The van der Waals surface area contributed by atoms with E-state index in [1.54, 1.807) is 25.3 Å². The third kappa shape index (κ3) is 3.86. The number of carbonyl (C=O) groups is 1. The first kappa shape index (κ1) is 16.0. The number of anilines is 1. The van der Waals surface area contributed by atoms with Crippen molar-refractivity contribution in [1.29, 1.82) is 5.26 Å². The number of para-hydroxylation sites is 2. The summed E-state index contributed by atoms with van der Waals surface area (Å²) in [6, 6.07) is 16.5. The van der Waals surface area contributed by atoms with Crippen molar-refractivity contribution in [2.24, 2.45) is 0 Å². The molecule has 0 atom stereocenters. The summed E-state index contributed by atoms with van der Waals surface area (Å²) in [5, 5.41) is 12.0. The van der Waals surface area contributed by atoms with E-state index < -0.39 is 5.91 Å². The van der Waals surface area contributed by atoms with E-state index in [2.05, 4.69) is 27.9 Å². The molecule has 0 spiro atoms. The van der Waals surface area contributed by atoms with Crippen molar-refractivity contribution in [2.75, 3.05) is 12.4 Å². The number of rotatable bonds is 4. The fourth-order valence-corrected chi connectivity index (χ4v) is 2.36. The van der Waals surface area contributed by atoms with Crippen LogP contribution in [0.4, 0.5) is 5.69 Å². The van der Waals surface area contributed by atoms with Gasteiger partial charge in [0.05, 0.1) is 12.8 Å². The Morgan fingerprint density at radius 3 is 2.59 bits per heavy atom. The molecule has 0 aliphatic heterocycles. The number of nitrogens with one attached hydrogen (secondary N) is 1. The second-order valence-electron chi connectivity index (χ2n) is 4.35. The Morgan fingerprint density at radius 1 is 1.23 bits per heavy atom. The zero-order valence-corrected chi connectivity index (χ0v) is 14.0. The van der Waals surface area contributed by atoms with Gasteiger partial charge in [0.1, 0.15) is 17.4 Å². The molecular weight excluding hydrogens is 391 g/mol. The smallest absolute Gasteiger partial charge is 0.266 e. The van der Waals surface area contributed by atoms with Gasteiger partial charge in [0.15, 0.2) is 0 Å². The van der Waals surface area contributed by atoms with E-state index in [9.17, 15) is 10.1 Å². The van der Waals surface area contributed by atoms with Crippen LogP contribution in [0.5, 0.6) is 5.75 Å². The predicted molar refractivity (Wildman–Crippen MR) is 94.4 cm³/mol. The number of ether oxygens (including phenoxy) is 1. The van der Waals surface area contributed by atoms with Gasteiger partial charge < -0.3 is 10.1 Å². The molecule has 5 heteroatoms. The molecule has 110 valence electrons. The number of nitriles is 1. The molecule has 0 aliphatic carbocycles. The first-order valence-corrected chi connectivity index (χ1v) is 7.54. The first-order valence-electron chi connectivity index (χ1n) is 6.46. The lowest BCUT2D eigenvalue weighted by molar-refractivity contribution is -0.112. The highest BCUT2D eigenvalue weighted by Crippen LogP contribution is 2.22. The number of halogens is 1. The van der Waals surface area contributed by atoms with Gasteiger partial charge in [-0.15, -0.1) is 0 Å². The van der Waals surface area contributed by atoms with Crippen molar-refractivity contribution in [3.63, 3.8) is 0 Å². The molecule has 0 saturated carbocycles. The molecule has 0 unspecified atom stereocenters. The van der Waals surface area contributed by atoms with Crippen LogP contribution >= 0.6 is 22.6 Å². The monoisotopic (exact) mass is 404 g/mol. The van der Waals surface area contributed by atoms with Gasteiger partial charge in [-0.2, -0.15) is 5.26 Å². The molecule has 0 heterocycles. The van der Waals surface area contributed by atoms with Crippen LogP contribution in [0.25, 0.3) is 6.08 Å². The van der Waals surface area contributed by atoms with Crippen molar-refractivity contribution in [3.05, 3.63) is 63.2 Å². The Labute approximate surface area is 142 Å². The minimum absolute atomic E-state index is 0.0177. The minimum Gasteiger partial charge on any atom is -0.496 e. The summed E-state index contributed by atoms with van der Waals surface area (Å²) < 4.78 is 6.13. The summed E-state index contributed by atoms with van der Waals surface area (Å²) in [6.45, 7) is 0. The van der Waals surface area contributed by atoms with Gasteiger partial charge in [0, 0.05) is 9.13 Å². The molecule has 4 nitrogen and oxygen atoms in total. The Bertz CT molecular complexity index is 763. The zero-order valence-electron chi connectivity index (χ0n) is 11.8. The number of benzene rings is 2. The second-order valence-corrected chi connectivity index (χ2v) is 5.51. The highest BCUT2D eigenvalue weighted by atomic mass is 127. The SMILES string of the molecule is COc1ccccc1/C=C(/C#N)C(=O)Nc1ccccc1I. The Hall–Kier alpha value is -2.33. The summed E-state index contributed by atoms with van der Waals surface area (Å²) in [4.78, 5) is 12.3. The van der Waals surface area contributed by atoms with E-state index in [4.69, 9.17) is 4.74 Å². The van der Waals surface area contributed by atoms with Gasteiger partial charge in [-0.25, -0.2) is 0 Å². The van der Waals surface area contributed by atoms with Crippen LogP contribution in [0.2, 0.25) is 0 Å². The lowest BCUT2D eigenvalue weighted by Gasteiger charge is -2.07. The van der Waals surface area contributed by atoms with Gasteiger partial charge in [0.25, 0.3) is 5.91 Å². The number of hydrogen-bond donors (Lipinski definition) is 1. The number of hydrogen-bond acceptors (Lipinski definition) is 3. The van der Waals surface area contributed by atoms with Crippen LogP contribution in [-0.4, -0.2) is 13.0 Å². The van der Waals surface area contributed by atoms with Crippen LogP contribution in [0.3, 0.4) is 0 Å². The second kappa shape index (κ2) is 7.61. The minimum atomic E-state index is -0.447. The molecule has 0 aromatic heterocycles. The fourth-order valence-electron chi connectivity index (χ4n) is 1.84. The Kier molecular flexibility index (Phi) is 5.55. The van der Waals surface area contributed by atoms with Gasteiger partial charge in [-0.3, -0.25) is 4.79 Å². The van der Waals surface area contributed by atoms with Crippen molar-refractivity contribution >= 4 is 40.3 Å². The van der Waals surface area contributed by atoms with Gasteiger partial charge in [-0.05, 0) is 46.9 Å². The van der Waals surface area contributed by atoms with Gasteiger partial charge in [0.2, 0.25) is 0 Å². The number of carbonyl (C=O) groups excluding carboxylic acids is 1. The molecule has 22 heavy (non-hydrogen) atoms. The van der Waals surface area contributed by atoms with Crippen LogP contribution in [0, 0.1) is 14.9 Å². The van der Waals surface area contributed by atoms with E-state index >= 15 is 0 Å². The summed E-state index contributed by atoms with van der Waals surface area (Å²) in [5.41, 5.74) is 1.37. The predicted octanol–water partition coefficient (Wildman–Crippen LogP) is 3.85. The molecule has 0 fully saturated rings. The third-order valence-electron chi connectivity index (χ3n) is 2.93. The molecule has 0 bridgehead atoms. The molecule has 1 amide bonds. The van der Waals surface area contributed by atoms with Crippen LogP contribution in [0.1, 0.15) is 5.56 Å². The summed E-state index contributed by atoms with van der Waals surface area (Å²) in [6.07, 6.45) is 1.52. The first-order chi connectivity index (χ1) is 10.7. The quantitative estimate of drug-likeness (QED) is 0.479. The molecule has 0 saturated heterocycles. The number of amides is 1. The topological polar surface area (TPSA) is 62.1 Å². The largest absolute Gasteiger partial charge is 0.496 e. The van der Waals surface area contributed by atoms with E-state index in [1.165, 1.54) is 6.08 Å². The maximum Gasteiger partial charge on any atom is 0.266 e. The van der Waals surface area contributed by atoms with Crippen LogP contribution in [-0.2, 0) is 4.79 Å². The van der Waals surface area contributed by atoms with Crippen LogP contribution in [0.15, 0.2) is 54.1 Å². The van der Waals surface area contributed by atoms with E-state index in [0.29, 0.717) is 17.0 Å². The lowest BCUT2D eigenvalue weighted by Crippen LogP contribution is -2.14. The van der Waals surface area contributed by atoms with E-state index in [-0.39, 0.29) is 5.57 Å². The molecule has 2 aromatic carbocycles.